The van der Waals surface area contributed by atoms with Gasteiger partial charge in [0.05, 0.1) is 6.54 Å². The minimum atomic E-state index is -3.71. The van der Waals surface area contributed by atoms with Crippen LogP contribution in [0.4, 0.5) is 4.39 Å². The predicted octanol–water partition coefficient (Wildman–Crippen LogP) is 0.858. The maximum Gasteiger partial charge on any atom is 0.277 e. The van der Waals surface area contributed by atoms with E-state index in [-0.39, 0.29) is 18.7 Å². The van der Waals surface area contributed by atoms with E-state index in [0.29, 0.717) is 5.56 Å². The summed E-state index contributed by atoms with van der Waals surface area (Å²) in [7, 11) is -3.71. The lowest BCUT2D eigenvalue weighted by atomic mass is 10.1. The molecule has 116 valence electrons. The normalized spacial score (nSPS) is 11.9. The van der Waals surface area contributed by atoms with Gasteiger partial charge in [-0.05, 0) is 39.0 Å². The number of nitrogens with one attached hydrogen (secondary N) is 2. The highest BCUT2D eigenvalue weighted by Gasteiger charge is 2.19. The summed E-state index contributed by atoms with van der Waals surface area (Å²) >= 11 is 0. The molecule has 1 rings (SSSR count). The van der Waals surface area contributed by atoms with Crippen LogP contribution in [0.25, 0.3) is 0 Å². The Morgan fingerprint density at radius 1 is 1.33 bits per heavy atom. The molecule has 21 heavy (non-hydrogen) atoms. The highest BCUT2D eigenvalue weighted by atomic mass is 32.2. The van der Waals surface area contributed by atoms with Gasteiger partial charge in [-0.1, -0.05) is 11.8 Å². The van der Waals surface area contributed by atoms with Crippen LogP contribution in [-0.2, 0) is 16.8 Å². The fourth-order valence-electron chi connectivity index (χ4n) is 1.55. The van der Waals surface area contributed by atoms with Crippen LogP contribution in [0, 0.1) is 17.7 Å². The smallest absolute Gasteiger partial charge is 0.277 e. The lowest BCUT2D eigenvalue weighted by Gasteiger charge is -2.20. The van der Waals surface area contributed by atoms with Gasteiger partial charge in [0.15, 0.2) is 0 Å². The van der Waals surface area contributed by atoms with Crippen LogP contribution in [0.2, 0.25) is 0 Å². The first kappa shape index (κ1) is 17.6. The molecular formula is C14H20FN3O2S. The molecule has 0 aliphatic heterocycles. The van der Waals surface area contributed by atoms with Crippen LogP contribution in [0.1, 0.15) is 31.9 Å². The number of benzene rings is 1. The molecule has 1 aromatic rings. The Bertz CT molecular complexity index is 655. The lowest BCUT2D eigenvalue weighted by molar-refractivity contribution is 0.483. The van der Waals surface area contributed by atoms with Crippen molar-refractivity contribution in [3.8, 4) is 11.8 Å². The Kier molecular flexibility index (Phi) is 5.87. The van der Waals surface area contributed by atoms with Gasteiger partial charge in [0.25, 0.3) is 10.2 Å². The van der Waals surface area contributed by atoms with E-state index in [4.69, 9.17) is 5.73 Å². The van der Waals surface area contributed by atoms with Crippen LogP contribution in [0.5, 0.6) is 0 Å². The molecule has 7 heteroatoms. The average Bonchev–Trinajstić information content (AvgIpc) is 2.33. The fraction of sp³-hybridized carbons (Fsp3) is 0.429. The van der Waals surface area contributed by atoms with Gasteiger partial charge >= 0.3 is 0 Å². The molecule has 0 radical (unpaired) electrons. The second-order valence-electron chi connectivity index (χ2n) is 5.49. The molecule has 4 N–H and O–H groups in total. The molecule has 0 fully saturated rings. The molecule has 0 bridgehead atoms. The largest absolute Gasteiger partial charge is 0.320 e. The zero-order valence-corrected chi connectivity index (χ0v) is 13.1. The Labute approximate surface area is 125 Å². The molecule has 0 aromatic heterocycles. The highest BCUT2D eigenvalue weighted by molar-refractivity contribution is 7.87. The third-order valence-electron chi connectivity index (χ3n) is 2.27. The van der Waals surface area contributed by atoms with E-state index in [1.807, 2.05) is 0 Å². The van der Waals surface area contributed by atoms with Gasteiger partial charge in [-0.2, -0.15) is 17.9 Å². The summed E-state index contributed by atoms with van der Waals surface area (Å²) < 4.78 is 42.0. The fourth-order valence-corrected chi connectivity index (χ4v) is 2.78. The summed E-state index contributed by atoms with van der Waals surface area (Å²) in [6.45, 7) is 5.20. The van der Waals surface area contributed by atoms with E-state index in [1.54, 1.807) is 20.8 Å². The summed E-state index contributed by atoms with van der Waals surface area (Å²) in [6.07, 6.45) is 0. The van der Waals surface area contributed by atoms with E-state index >= 15 is 0 Å². The van der Waals surface area contributed by atoms with Gasteiger partial charge in [0.1, 0.15) is 5.82 Å². The van der Waals surface area contributed by atoms with Gasteiger partial charge in [-0.15, -0.1) is 0 Å². The van der Waals surface area contributed by atoms with Crippen molar-refractivity contribution in [3.05, 3.63) is 35.1 Å². The first-order valence-electron chi connectivity index (χ1n) is 6.39. The minimum Gasteiger partial charge on any atom is -0.320 e. The SMILES string of the molecule is CC(C)(C)NS(=O)(=O)NCc1cc(C#CCN)ccc1F. The maximum atomic E-state index is 13.7. The lowest BCUT2D eigenvalue weighted by Crippen LogP contribution is -2.46. The van der Waals surface area contributed by atoms with E-state index < -0.39 is 21.6 Å². The van der Waals surface area contributed by atoms with Crippen molar-refractivity contribution in [2.75, 3.05) is 6.54 Å². The Morgan fingerprint density at radius 2 is 2.00 bits per heavy atom. The first-order valence-corrected chi connectivity index (χ1v) is 7.87. The van der Waals surface area contributed by atoms with E-state index in [2.05, 4.69) is 21.3 Å². The Balaban J connectivity index is 2.84. The van der Waals surface area contributed by atoms with Crippen molar-refractivity contribution >= 4 is 10.2 Å². The minimum absolute atomic E-state index is 0.157. The first-order chi connectivity index (χ1) is 9.63. The number of rotatable bonds is 4. The van der Waals surface area contributed by atoms with E-state index in [9.17, 15) is 12.8 Å². The summed E-state index contributed by atoms with van der Waals surface area (Å²) in [5.74, 6) is 4.94. The Morgan fingerprint density at radius 3 is 2.57 bits per heavy atom. The van der Waals surface area contributed by atoms with Crippen LogP contribution in [0.15, 0.2) is 18.2 Å². The molecule has 0 aliphatic carbocycles. The molecule has 0 saturated heterocycles. The molecule has 0 unspecified atom stereocenters. The van der Waals surface area contributed by atoms with Crippen LogP contribution < -0.4 is 15.2 Å². The molecular weight excluding hydrogens is 293 g/mol. The summed E-state index contributed by atoms with van der Waals surface area (Å²) in [6, 6.07) is 4.27. The number of hydrogen-bond donors (Lipinski definition) is 3. The zero-order chi connectivity index (χ0) is 16.1. The molecule has 0 spiro atoms. The maximum absolute atomic E-state index is 13.7. The van der Waals surface area contributed by atoms with Gasteiger partial charge in [0.2, 0.25) is 0 Å². The third-order valence-corrected chi connectivity index (χ3v) is 3.68. The second-order valence-corrected chi connectivity index (χ2v) is 6.99. The van der Waals surface area contributed by atoms with Gasteiger partial charge < -0.3 is 5.73 Å². The van der Waals surface area contributed by atoms with Gasteiger partial charge in [-0.3, -0.25) is 0 Å². The number of halogens is 1. The molecule has 0 saturated carbocycles. The van der Waals surface area contributed by atoms with Crippen molar-refractivity contribution in [3.63, 3.8) is 0 Å². The topological polar surface area (TPSA) is 84.2 Å². The monoisotopic (exact) mass is 313 g/mol. The summed E-state index contributed by atoms with van der Waals surface area (Å²) in [5, 5.41) is 0. The highest BCUT2D eigenvalue weighted by Crippen LogP contribution is 2.10. The molecule has 0 atom stereocenters. The van der Waals surface area contributed by atoms with E-state index in [0.717, 1.165) is 0 Å². The molecule has 0 aliphatic rings. The van der Waals surface area contributed by atoms with Crippen molar-refractivity contribution in [1.29, 1.82) is 0 Å². The van der Waals surface area contributed by atoms with Crippen molar-refractivity contribution in [2.45, 2.75) is 32.9 Å². The molecule has 1 aromatic carbocycles. The number of nitrogens with two attached hydrogens (primary N) is 1. The van der Waals surface area contributed by atoms with Crippen molar-refractivity contribution in [1.82, 2.24) is 9.44 Å². The van der Waals surface area contributed by atoms with Gasteiger partial charge in [-0.25, -0.2) is 4.39 Å². The standard InChI is InChI=1S/C14H20FN3O2S/c1-14(2,3)18-21(19,20)17-10-12-9-11(5-4-8-16)6-7-13(12)15/h6-7,9,17-18H,8,10,16H2,1-3H3. The molecule has 0 heterocycles. The van der Waals surface area contributed by atoms with Gasteiger partial charge in [0, 0.05) is 23.2 Å². The number of hydrogen-bond acceptors (Lipinski definition) is 3. The second kappa shape index (κ2) is 7.00. The Hall–Kier alpha value is -1.46. The average molecular weight is 313 g/mol. The quantitative estimate of drug-likeness (QED) is 0.721. The third kappa shape index (κ3) is 6.69. The molecule has 5 nitrogen and oxygen atoms in total. The predicted molar refractivity (Wildman–Crippen MR) is 81.0 cm³/mol. The summed E-state index contributed by atoms with van der Waals surface area (Å²) in [5.41, 5.74) is 5.46. The van der Waals surface area contributed by atoms with Crippen molar-refractivity contribution < 1.29 is 12.8 Å². The van der Waals surface area contributed by atoms with Crippen LogP contribution in [-0.4, -0.2) is 20.5 Å². The molecule has 0 amide bonds. The summed E-state index contributed by atoms with van der Waals surface area (Å²) in [4.78, 5) is 0. The van der Waals surface area contributed by atoms with Crippen LogP contribution >= 0.6 is 0 Å². The zero-order valence-electron chi connectivity index (χ0n) is 12.3. The van der Waals surface area contributed by atoms with E-state index in [1.165, 1.54) is 18.2 Å². The van der Waals surface area contributed by atoms with Crippen LogP contribution in [0.3, 0.4) is 0 Å². The van der Waals surface area contributed by atoms with Crippen molar-refractivity contribution in [2.24, 2.45) is 5.73 Å².